The molecule has 0 amide bonds. The van der Waals surface area contributed by atoms with Crippen molar-refractivity contribution in [3.8, 4) is 0 Å². The summed E-state index contributed by atoms with van der Waals surface area (Å²) in [5.74, 6) is 1.53. The minimum Gasteiger partial charge on any atom is -0.370 e. The zero-order chi connectivity index (χ0) is 12.6. The SMILES string of the molecule is NCCCNc1cc(Nc2ccncc2)ncn1. The van der Waals surface area contributed by atoms with Crippen LogP contribution in [0.3, 0.4) is 0 Å². The van der Waals surface area contributed by atoms with Crippen molar-refractivity contribution < 1.29 is 0 Å². The summed E-state index contributed by atoms with van der Waals surface area (Å²) in [6.45, 7) is 1.47. The van der Waals surface area contributed by atoms with E-state index in [1.807, 2.05) is 18.2 Å². The Bertz CT molecular complexity index is 473. The Labute approximate surface area is 106 Å². The molecule has 0 aliphatic heterocycles. The van der Waals surface area contributed by atoms with Gasteiger partial charge in [0.05, 0.1) is 0 Å². The van der Waals surface area contributed by atoms with Gasteiger partial charge in [0.25, 0.3) is 0 Å². The number of nitrogens with two attached hydrogens (primary N) is 1. The molecule has 0 radical (unpaired) electrons. The Morgan fingerprint density at radius 3 is 2.67 bits per heavy atom. The number of pyridine rings is 1. The average Bonchev–Trinajstić information content (AvgIpc) is 2.41. The second kappa shape index (κ2) is 6.51. The molecule has 0 aliphatic carbocycles. The number of nitrogens with zero attached hydrogens (tertiary/aromatic N) is 3. The van der Waals surface area contributed by atoms with Gasteiger partial charge in [-0.25, -0.2) is 9.97 Å². The minimum absolute atomic E-state index is 0.667. The van der Waals surface area contributed by atoms with Crippen molar-refractivity contribution in [3.05, 3.63) is 36.9 Å². The van der Waals surface area contributed by atoms with Crippen LogP contribution in [-0.4, -0.2) is 28.0 Å². The molecule has 2 aromatic heterocycles. The van der Waals surface area contributed by atoms with Crippen LogP contribution >= 0.6 is 0 Å². The van der Waals surface area contributed by atoms with Gasteiger partial charge in [-0.2, -0.15) is 0 Å². The normalized spacial score (nSPS) is 10.1. The first-order valence-electron chi connectivity index (χ1n) is 5.81. The highest BCUT2D eigenvalue weighted by Crippen LogP contribution is 2.14. The molecule has 0 spiro atoms. The van der Waals surface area contributed by atoms with E-state index in [2.05, 4.69) is 25.6 Å². The Kier molecular flexibility index (Phi) is 4.43. The molecule has 0 saturated carbocycles. The number of nitrogens with one attached hydrogen (secondary N) is 2. The number of anilines is 3. The van der Waals surface area contributed by atoms with Crippen molar-refractivity contribution >= 4 is 17.3 Å². The van der Waals surface area contributed by atoms with Crippen LogP contribution in [0.4, 0.5) is 17.3 Å². The predicted molar refractivity (Wildman–Crippen MR) is 71.7 cm³/mol. The van der Waals surface area contributed by atoms with E-state index in [-0.39, 0.29) is 0 Å². The number of hydrogen-bond donors (Lipinski definition) is 3. The van der Waals surface area contributed by atoms with Gasteiger partial charge in [-0.05, 0) is 25.1 Å². The number of hydrogen-bond acceptors (Lipinski definition) is 6. The van der Waals surface area contributed by atoms with Crippen molar-refractivity contribution in [1.82, 2.24) is 15.0 Å². The third-order valence-corrected chi connectivity index (χ3v) is 2.31. The molecule has 2 rings (SSSR count). The highest BCUT2D eigenvalue weighted by atomic mass is 15.1. The first kappa shape index (κ1) is 12.3. The van der Waals surface area contributed by atoms with Crippen LogP contribution in [0.1, 0.15) is 6.42 Å². The van der Waals surface area contributed by atoms with Gasteiger partial charge < -0.3 is 16.4 Å². The lowest BCUT2D eigenvalue weighted by molar-refractivity contribution is 0.869. The van der Waals surface area contributed by atoms with Gasteiger partial charge in [-0.15, -0.1) is 0 Å². The summed E-state index contributed by atoms with van der Waals surface area (Å²) in [6, 6.07) is 5.62. The molecule has 6 heteroatoms. The van der Waals surface area contributed by atoms with E-state index in [0.717, 1.165) is 30.3 Å². The first-order chi connectivity index (χ1) is 8.88. The fourth-order valence-electron chi connectivity index (χ4n) is 1.42. The van der Waals surface area contributed by atoms with E-state index >= 15 is 0 Å². The summed E-state index contributed by atoms with van der Waals surface area (Å²) in [5, 5.41) is 6.37. The maximum atomic E-state index is 5.43. The molecule has 18 heavy (non-hydrogen) atoms. The van der Waals surface area contributed by atoms with Crippen molar-refractivity contribution in [2.24, 2.45) is 5.73 Å². The predicted octanol–water partition coefficient (Wildman–Crippen LogP) is 1.38. The van der Waals surface area contributed by atoms with Gasteiger partial charge in [0.15, 0.2) is 0 Å². The van der Waals surface area contributed by atoms with E-state index < -0.39 is 0 Å². The van der Waals surface area contributed by atoms with Gasteiger partial charge in [-0.1, -0.05) is 0 Å². The van der Waals surface area contributed by atoms with Crippen molar-refractivity contribution in [2.75, 3.05) is 23.7 Å². The lowest BCUT2D eigenvalue weighted by Gasteiger charge is -2.07. The summed E-state index contributed by atoms with van der Waals surface area (Å²) in [5.41, 5.74) is 6.38. The summed E-state index contributed by atoms with van der Waals surface area (Å²) in [6.07, 6.45) is 5.89. The molecule has 0 bridgehead atoms. The van der Waals surface area contributed by atoms with E-state index in [9.17, 15) is 0 Å². The topological polar surface area (TPSA) is 88.8 Å². The van der Waals surface area contributed by atoms with Gasteiger partial charge in [0.1, 0.15) is 18.0 Å². The second-order valence-electron chi connectivity index (χ2n) is 3.72. The molecular formula is C12H16N6. The van der Waals surface area contributed by atoms with E-state index in [4.69, 9.17) is 5.73 Å². The highest BCUT2D eigenvalue weighted by molar-refractivity contribution is 5.57. The van der Waals surface area contributed by atoms with Crippen LogP contribution < -0.4 is 16.4 Å². The van der Waals surface area contributed by atoms with E-state index in [1.54, 1.807) is 12.4 Å². The fourth-order valence-corrected chi connectivity index (χ4v) is 1.42. The van der Waals surface area contributed by atoms with Gasteiger partial charge in [0, 0.05) is 30.7 Å². The van der Waals surface area contributed by atoms with Crippen LogP contribution in [0.25, 0.3) is 0 Å². The Morgan fingerprint density at radius 1 is 1.11 bits per heavy atom. The summed E-state index contributed by atoms with van der Waals surface area (Å²) < 4.78 is 0. The lowest BCUT2D eigenvalue weighted by Crippen LogP contribution is -2.09. The molecule has 0 fully saturated rings. The summed E-state index contributed by atoms with van der Waals surface area (Å²) in [4.78, 5) is 12.3. The van der Waals surface area contributed by atoms with Crippen molar-refractivity contribution in [1.29, 1.82) is 0 Å². The fraction of sp³-hybridized carbons (Fsp3) is 0.250. The van der Waals surface area contributed by atoms with Gasteiger partial charge in [-0.3, -0.25) is 4.98 Å². The van der Waals surface area contributed by atoms with Crippen LogP contribution in [-0.2, 0) is 0 Å². The van der Waals surface area contributed by atoms with Crippen LogP contribution in [0.2, 0.25) is 0 Å². The molecule has 2 heterocycles. The molecule has 0 saturated heterocycles. The molecule has 6 nitrogen and oxygen atoms in total. The van der Waals surface area contributed by atoms with Crippen molar-refractivity contribution in [2.45, 2.75) is 6.42 Å². The third kappa shape index (κ3) is 3.67. The van der Waals surface area contributed by atoms with Crippen LogP contribution in [0.15, 0.2) is 36.9 Å². The minimum atomic E-state index is 0.667. The number of aromatic nitrogens is 3. The summed E-state index contributed by atoms with van der Waals surface area (Å²) >= 11 is 0. The Balaban J connectivity index is 1.99. The quantitative estimate of drug-likeness (QED) is 0.665. The molecule has 0 aromatic carbocycles. The first-order valence-corrected chi connectivity index (χ1v) is 5.81. The van der Waals surface area contributed by atoms with E-state index in [1.165, 1.54) is 6.33 Å². The molecule has 4 N–H and O–H groups in total. The zero-order valence-electron chi connectivity index (χ0n) is 10.0. The maximum absolute atomic E-state index is 5.43. The van der Waals surface area contributed by atoms with Gasteiger partial charge >= 0.3 is 0 Å². The molecule has 0 unspecified atom stereocenters. The van der Waals surface area contributed by atoms with Crippen LogP contribution in [0, 0.1) is 0 Å². The monoisotopic (exact) mass is 244 g/mol. The average molecular weight is 244 g/mol. The summed E-state index contributed by atoms with van der Waals surface area (Å²) in [7, 11) is 0. The van der Waals surface area contributed by atoms with Gasteiger partial charge in [0.2, 0.25) is 0 Å². The molecule has 0 atom stereocenters. The Morgan fingerprint density at radius 2 is 1.89 bits per heavy atom. The molecular weight excluding hydrogens is 228 g/mol. The largest absolute Gasteiger partial charge is 0.370 e. The third-order valence-electron chi connectivity index (χ3n) is 2.31. The standard InChI is InChI=1S/C12H16N6/c13-4-1-5-15-11-8-12(17-9-16-11)18-10-2-6-14-7-3-10/h2-3,6-9H,1,4-5,13H2,(H2,14,15,16,17,18). The lowest BCUT2D eigenvalue weighted by atomic mass is 10.4. The molecule has 0 aliphatic rings. The molecule has 94 valence electrons. The Hall–Kier alpha value is -2.21. The van der Waals surface area contributed by atoms with Crippen LogP contribution in [0.5, 0.6) is 0 Å². The smallest absolute Gasteiger partial charge is 0.135 e. The van der Waals surface area contributed by atoms with E-state index in [0.29, 0.717) is 6.54 Å². The number of rotatable bonds is 6. The van der Waals surface area contributed by atoms with Crippen molar-refractivity contribution in [3.63, 3.8) is 0 Å². The molecule has 2 aromatic rings. The maximum Gasteiger partial charge on any atom is 0.135 e. The zero-order valence-corrected chi connectivity index (χ0v) is 10.0. The highest BCUT2D eigenvalue weighted by Gasteiger charge is 1.98. The second-order valence-corrected chi connectivity index (χ2v) is 3.72.